The average Bonchev–Trinajstić information content (AvgIpc) is 3.33. The highest BCUT2D eigenvalue weighted by atomic mass is 79.9. The number of likely N-dealkylation sites (tertiary alicyclic amines) is 1. The van der Waals surface area contributed by atoms with Gasteiger partial charge in [-0.3, -0.25) is 14.2 Å². The summed E-state index contributed by atoms with van der Waals surface area (Å²) in [5, 5.41) is 3.14. The number of carbonyl (C=O) groups excluding carboxylic acids is 2. The Bertz CT molecular complexity index is 1080. The van der Waals surface area contributed by atoms with Gasteiger partial charge in [-0.2, -0.15) is 8.78 Å². The zero-order valence-corrected chi connectivity index (χ0v) is 18.8. The number of benzene rings is 1. The van der Waals surface area contributed by atoms with E-state index in [4.69, 9.17) is 9.79 Å². The molecule has 2 heterocycles. The SMILES string of the molecule is O=C(N[C@H]1CCN(C(=O)C2CC2)C1)c1ccc2sc(C(F)(F)P(=O)(O)O)c(Br)c2c1. The van der Waals surface area contributed by atoms with E-state index < -0.39 is 24.0 Å². The predicted molar refractivity (Wildman–Crippen MR) is 111 cm³/mol. The van der Waals surface area contributed by atoms with Crippen molar-refractivity contribution < 1.29 is 32.7 Å². The lowest BCUT2D eigenvalue weighted by Gasteiger charge is -2.17. The molecule has 2 fully saturated rings. The van der Waals surface area contributed by atoms with E-state index in [1.54, 1.807) is 4.90 Å². The maximum absolute atomic E-state index is 14.2. The quantitative estimate of drug-likeness (QED) is 0.520. The number of hydrogen-bond donors (Lipinski definition) is 3. The summed E-state index contributed by atoms with van der Waals surface area (Å²) in [4.78, 5) is 43.8. The minimum absolute atomic E-state index is 0.123. The zero-order chi connectivity index (χ0) is 21.8. The van der Waals surface area contributed by atoms with Crippen LogP contribution in [-0.2, 0) is 15.0 Å². The van der Waals surface area contributed by atoms with Gasteiger partial charge in [-0.15, -0.1) is 11.3 Å². The fourth-order valence-electron chi connectivity index (χ4n) is 3.47. The molecule has 0 spiro atoms. The van der Waals surface area contributed by atoms with Crippen molar-refractivity contribution in [1.29, 1.82) is 0 Å². The van der Waals surface area contributed by atoms with E-state index in [1.165, 1.54) is 18.2 Å². The van der Waals surface area contributed by atoms with Crippen LogP contribution in [0, 0.1) is 5.92 Å². The molecular weight excluding hydrogens is 505 g/mol. The number of thiophene rings is 1. The number of amides is 2. The first-order valence-electron chi connectivity index (χ1n) is 9.24. The number of nitrogens with one attached hydrogen (secondary N) is 1. The Morgan fingerprint density at radius 3 is 2.60 bits per heavy atom. The summed E-state index contributed by atoms with van der Waals surface area (Å²) in [5.74, 6) is -0.142. The van der Waals surface area contributed by atoms with Crippen molar-refractivity contribution in [2.75, 3.05) is 13.1 Å². The van der Waals surface area contributed by atoms with E-state index in [1.807, 2.05) is 0 Å². The lowest BCUT2D eigenvalue weighted by molar-refractivity contribution is -0.131. The highest BCUT2D eigenvalue weighted by molar-refractivity contribution is 9.10. The van der Waals surface area contributed by atoms with Crippen LogP contribution in [-0.4, -0.2) is 45.6 Å². The Labute approximate surface area is 182 Å². The summed E-state index contributed by atoms with van der Waals surface area (Å²) in [7, 11) is -5.71. The Balaban J connectivity index is 1.52. The van der Waals surface area contributed by atoms with E-state index in [0.717, 1.165) is 12.8 Å². The van der Waals surface area contributed by atoms with Crippen LogP contribution in [0.25, 0.3) is 10.1 Å². The van der Waals surface area contributed by atoms with Crippen LogP contribution < -0.4 is 5.32 Å². The maximum atomic E-state index is 14.2. The van der Waals surface area contributed by atoms with Gasteiger partial charge < -0.3 is 20.0 Å². The molecule has 1 saturated heterocycles. The number of fused-ring (bicyclic) bond motifs is 1. The van der Waals surface area contributed by atoms with Crippen LogP contribution in [0.4, 0.5) is 8.78 Å². The number of nitrogens with zero attached hydrogens (tertiary/aromatic N) is 1. The largest absolute Gasteiger partial charge is 0.400 e. The number of hydrogen-bond acceptors (Lipinski definition) is 4. The van der Waals surface area contributed by atoms with Crippen molar-refractivity contribution in [3.8, 4) is 0 Å². The molecule has 162 valence electrons. The van der Waals surface area contributed by atoms with Crippen LogP contribution >= 0.6 is 34.9 Å². The fraction of sp³-hybridized carbons (Fsp3) is 0.444. The van der Waals surface area contributed by atoms with Crippen molar-refractivity contribution in [3.05, 3.63) is 33.1 Å². The van der Waals surface area contributed by atoms with Gasteiger partial charge in [-0.1, -0.05) is 0 Å². The van der Waals surface area contributed by atoms with Gasteiger partial charge in [0.15, 0.2) is 0 Å². The van der Waals surface area contributed by atoms with Crippen molar-refractivity contribution in [2.45, 2.75) is 31.0 Å². The third-order valence-electron chi connectivity index (χ3n) is 5.29. The topological polar surface area (TPSA) is 107 Å². The van der Waals surface area contributed by atoms with Gasteiger partial charge in [-0.05, 0) is 53.4 Å². The highest BCUT2D eigenvalue weighted by Gasteiger charge is 2.53. The Hall–Kier alpha value is -1.39. The predicted octanol–water partition coefficient (Wildman–Crippen LogP) is 3.63. The summed E-state index contributed by atoms with van der Waals surface area (Å²) in [6.07, 6.45) is 2.49. The molecule has 2 aliphatic rings. The minimum Gasteiger partial charge on any atom is -0.347 e. The van der Waals surface area contributed by atoms with Crippen molar-refractivity contribution in [3.63, 3.8) is 0 Å². The van der Waals surface area contributed by atoms with E-state index in [-0.39, 0.29) is 33.3 Å². The Kier molecular flexibility index (Phi) is 5.55. The third-order valence-corrected chi connectivity index (χ3v) is 8.72. The normalized spacial score (nSPS) is 20.0. The van der Waals surface area contributed by atoms with Crippen LogP contribution in [0.2, 0.25) is 0 Å². The van der Waals surface area contributed by atoms with Gasteiger partial charge in [0.25, 0.3) is 5.91 Å². The molecular formula is C18H18BrF2N2O5PS. The van der Waals surface area contributed by atoms with Gasteiger partial charge in [0.05, 0.1) is 0 Å². The second kappa shape index (κ2) is 7.63. The van der Waals surface area contributed by atoms with Crippen molar-refractivity contribution in [1.82, 2.24) is 10.2 Å². The molecule has 2 amide bonds. The minimum atomic E-state index is -5.71. The summed E-state index contributed by atoms with van der Waals surface area (Å²) in [6, 6.07) is 4.17. The van der Waals surface area contributed by atoms with Gasteiger partial charge >= 0.3 is 13.3 Å². The summed E-state index contributed by atoms with van der Waals surface area (Å²) >= 11 is 3.56. The molecule has 7 nitrogen and oxygen atoms in total. The van der Waals surface area contributed by atoms with E-state index in [2.05, 4.69) is 21.2 Å². The van der Waals surface area contributed by atoms with E-state index >= 15 is 0 Å². The zero-order valence-electron chi connectivity index (χ0n) is 15.5. The van der Waals surface area contributed by atoms with Gasteiger partial charge in [0.2, 0.25) is 5.91 Å². The number of rotatable bonds is 5. The smallest absolute Gasteiger partial charge is 0.347 e. The Morgan fingerprint density at radius 2 is 1.97 bits per heavy atom. The van der Waals surface area contributed by atoms with Crippen LogP contribution in [0.5, 0.6) is 0 Å². The van der Waals surface area contributed by atoms with Crippen LogP contribution in [0.3, 0.4) is 0 Å². The van der Waals surface area contributed by atoms with Crippen LogP contribution in [0.1, 0.15) is 34.5 Å². The van der Waals surface area contributed by atoms with Crippen LogP contribution in [0.15, 0.2) is 22.7 Å². The highest BCUT2D eigenvalue weighted by Crippen LogP contribution is 2.62. The lowest BCUT2D eigenvalue weighted by Crippen LogP contribution is -2.38. The molecule has 1 aliphatic heterocycles. The first-order chi connectivity index (χ1) is 14.0. The molecule has 12 heteroatoms. The average molecular weight is 523 g/mol. The van der Waals surface area contributed by atoms with Gasteiger partial charge in [-0.25, -0.2) is 0 Å². The second-order valence-electron chi connectivity index (χ2n) is 7.56. The monoisotopic (exact) mass is 522 g/mol. The Morgan fingerprint density at radius 1 is 1.27 bits per heavy atom. The molecule has 0 radical (unpaired) electrons. The van der Waals surface area contributed by atoms with Crippen molar-refractivity contribution in [2.24, 2.45) is 5.92 Å². The molecule has 1 aliphatic carbocycles. The van der Waals surface area contributed by atoms with Gasteiger partial charge in [0, 0.05) is 45.2 Å². The number of carbonyl (C=O) groups is 2. The lowest BCUT2D eigenvalue weighted by atomic mass is 10.1. The molecule has 1 aromatic carbocycles. The molecule has 1 aromatic heterocycles. The molecule has 0 bridgehead atoms. The van der Waals surface area contributed by atoms with Gasteiger partial charge in [0.1, 0.15) is 4.88 Å². The number of halogens is 3. The summed E-state index contributed by atoms with van der Waals surface area (Å²) < 4.78 is 39.7. The molecule has 4 rings (SSSR count). The standard InChI is InChI=1S/C18H18BrF2N2O5PS/c19-14-12-7-10(3-4-13(12)30-15(14)18(20,21)29(26,27)28)16(24)22-11-5-6-23(8-11)17(25)9-1-2-9/h3-4,7,9,11H,1-2,5-6,8H2,(H,22,24)(H2,26,27,28)/t11-/m0/s1. The molecule has 30 heavy (non-hydrogen) atoms. The van der Waals surface area contributed by atoms with E-state index in [9.17, 15) is 22.9 Å². The van der Waals surface area contributed by atoms with E-state index in [0.29, 0.717) is 35.5 Å². The maximum Gasteiger partial charge on any atom is 0.400 e. The summed E-state index contributed by atoms with van der Waals surface area (Å²) in [5.41, 5.74) is -4.10. The molecule has 1 atom stereocenters. The molecule has 0 unspecified atom stereocenters. The molecule has 3 N–H and O–H groups in total. The fourth-order valence-corrected chi connectivity index (χ4v) is 6.39. The first-order valence-corrected chi connectivity index (χ1v) is 12.5. The molecule has 2 aromatic rings. The molecule has 1 saturated carbocycles. The summed E-state index contributed by atoms with van der Waals surface area (Å²) in [6.45, 7) is 1.04. The number of alkyl halides is 2. The first kappa shape index (κ1) is 21.8. The van der Waals surface area contributed by atoms with Crippen molar-refractivity contribution >= 4 is 56.8 Å². The third kappa shape index (κ3) is 3.93. The second-order valence-corrected chi connectivity index (χ2v) is 11.1.